The number of benzene rings is 2. The first-order valence-electron chi connectivity index (χ1n) is 16.8. The Labute approximate surface area is 293 Å². The third-order valence-corrected chi connectivity index (χ3v) is 10.5. The number of ether oxygens (including phenoxy) is 1. The number of anilines is 1. The molecule has 14 nitrogen and oxygen atoms in total. The first kappa shape index (κ1) is 33.3. The molecule has 3 atom stereocenters. The monoisotopic (exact) mass is 699 g/mol. The number of carbonyl (C=O) groups excluding carboxylic acids is 2. The molecule has 4 heterocycles. The number of carboxylic acid groups (broad SMARTS) is 1. The van der Waals surface area contributed by atoms with Gasteiger partial charge in [0.15, 0.2) is 0 Å². The van der Waals surface area contributed by atoms with E-state index in [1.807, 2.05) is 23.2 Å². The Balaban J connectivity index is 1.20. The lowest BCUT2D eigenvalue weighted by Gasteiger charge is -2.47. The minimum Gasteiger partial charge on any atom is -0.465 e. The Morgan fingerprint density at radius 3 is 2.50 bits per heavy atom. The number of amides is 3. The Kier molecular flexibility index (Phi) is 9.52. The molecule has 50 heavy (non-hydrogen) atoms. The van der Waals surface area contributed by atoms with Gasteiger partial charge in [-0.1, -0.05) is 23.7 Å². The van der Waals surface area contributed by atoms with Gasteiger partial charge in [0.2, 0.25) is 5.91 Å². The summed E-state index contributed by atoms with van der Waals surface area (Å²) in [5, 5.41) is 24.2. The number of imidazole rings is 1. The lowest BCUT2D eigenvalue weighted by molar-refractivity contribution is -0.134. The fourth-order valence-corrected chi connectivity index (χ4v) is 7.71. The van der Waals surface area contributed by atoms with E-state index in [4.69, 9.17) is 16.6 Å². The molecule has 15 heteroatoms. The summed E-state index contributed by atoms with van der Waals surface area (Å²) in [4.78, 5) is 49.6. The van der Waals surface area contributed by atoms with Gasteiger partial charge in [-0.3, -0.25) is 10.1 Å². The normalized spacial score (nSPS) is 21.4. The van der Waals surface area contributed by atoms with Gasteiger partial charge in [-0.05, 0) is 103 Å². The molecule has 3 aliphatic rings. The number of hydrogen-bond acceptors (Lipinski definition) is 8. The van der Waals surface area contributed by atoms with Crippen LogP contribution in [-0.2, 0) is 9.53 Å². The zero-order chi connectivity index (χ0) is 34.8. The minimum absolute atomic E-state index is 0.146. The largest absolute Gasteiger partial charge is 0.465 e. The molecule has 0 bridgehead atoms. The van der Waals surface area contributed by atoms with E-state index in [1.165, 1.54) is 23.0 Å². The Morgan fingerprint density at radius 1 is 1.04 bits per heavy atom. The van der Waals surface area contributed by atoms with E-state index in [2.05, 4.69) is 30.6 Å². The summed E-state index contributed by atoms with van der Waals surface area (Å²) in [5.74, 6) is 1.79. The van der Waals surface area contributed by atoms with Crippen LogP contribution in [0.3, 0.4) is 0 Å². The van der Waals surface area contributed by atoms with E-state index in [1.54, 1.807) is 42.5 Å². The molecule has 3 N–H and O–H groups in total. The first-order chi connectivity index (χ1) is 24.3. The molecule has 1 aliphatic carbocycles. The Hall–Kier alpha value is -5.24. The number of rotatable bonds is 8. The number of likely N-dealkylation sites (tertiary alicyclic amines) is 2. The molecule has 0 radical (unpaired) electrons. The highest BCUT2D eigenvalue weighted by Crippen LogP contribution is 2.52. The number of nitrogens with zero attached hydrogens (tertiary/aromatic N) is 7. The van der Waals surface area contributed by atoms with E-state index < -0.39 is 12.2 Å². The summed E-state index contributed by atoms with van der Waals surface area (Å²) in [6, 6.07) is 12.4. The van der Waals surface area contributed by atoms with Crippen molar-refractivity contribution < 1.29 is 24.2 Å². The molecule has 3 amide bonds. The van der Waals surface area contributed by atoms with Crippen molar-refractivity contribution in [2.24, 2.45) is 23.7 Å². The smallest absolute Gasteiger partial charge is 0.411 e. The standard InChI is InChI=1S/C35H38ClN9O5/c1-50-34(47)39-27-8-4-23(5-9-27)29-18-37-33(40-29)32-28(22-2-3-22)17-25(21-12-14-43(15-13-21)35(48)49)19-44(32)31(46)11-6-24-16-26(36)7-10-30(24)45-20-38-41-42-45/h4-11,16,18,20-22,25,28,32H,2-3,12-15,17,19H2,1H3,(H,37,40)(H,39,47)(H,48,49)/b11-6+. The molecule has 3 fully saturated rings. The van der Waals surface area contributed by atoms with Gasteiger partial charge < -0.3 is 24.6 Å². The Morgan fingerprint density at radius 2 is 1.82 bits per heavy atom. The van der Waals surface area contributed by atoms with Crippen molar-refractivity contribution in [1.29, 1.82) is 0 Å². The van der Waals surface area contributed by atoms with Crippen molar-refractivity contribution in [3.05, 3.63) is 77.5 Å². The van der Waals surface area contributed by atoms with Gasteiger partial charge in [-0.15, -0.1) is 5.10 Å². The molecular formula is C35H38ClN9O5. The second-order valence-corrected chi connectivity index (χ2v) is 13.6. The highest BCUT2D eigenvalue weighted by atomic mass is 35.5. The van der Waals surface area contributed by atoms with Crippen molar-refractivity contribution >= 4 is 41.5 Å². The lowest BCUT2D eigenvalue weighted by atomic mass is 9.72. The number of methoxy groups -OCH3 is 1. The van der Waals surface area contributed by atoms with Crippen LogP contribution in [0.1, 0.15) is 49.5 Å². The maximum atomic E-state index is 14.4. The van der Waals surface area contributed by atoms with Crippen LogP contribution < -0.4 is 5.32 Å². The molecule has 2 saturated heterocycles. The number of nitrogens with one attached hydrogen (secondary N) is 2. The predicted molar refractivity (Wildman–Crippen MR) is 184 cm³/mol. The summed E-state index contributed by atoms with van der Waals surface area (Å²) >= 11 is 6.36. The summed E-state index contributed by atoms with van der Waals surface area (Å²) in [6.07, 6.45) is 9.96. The summed E-state index contributed by atoms with van der Waals surface area (Å²) < 4.78 is 6.21. The van der Waals surface area contributed by atoms with Gasteiger partial charge in [-0.2, -0.15) is 4.68 Å². The van der Waals surface area contributed by atoms with Crippen molar-refractivity contribution in [2.45, 2.75) is 38.1 Å². The number of aromatic amines is 1. The van der Waals surface area contributed by atoms with Crippen molar-refractivity contribution in [1.82, 2.24) is 40.0 Å². The number of piperidine rings is 2. The molecular weight excluding hydrogens is 662 g/mol. The average molecular weight is 700 g/mol. The maximum absolute atomic E-state index is 14.4. The molecule has 1 saturated carbocycles. The third-order valence-electron chi connectivity index (χ3n) is 10.2. The SMILES string of the molecule is COC(=O)Nc1ccc(-c2c[nH]c(C3C(C4CC4)CC(C4CCN(C(=O)O)CC4)CN3C(=O)/C=C/c3cc(Cl)ccc3-n3cnnn3)n2)cc1. The number of aromatic nitrogens is 6. The third kappa shape index (κ3) is 7.20. The summed E-state index contributed by atoms with van der Waals surface area (Å²) in [6.45, 7) is 1.55. The molecule has 7 rings (SSSR count). The van der Waals surface area contributed by atoms with Crippen molar-refractivity contribution in [3.8, 4) is 16.9 Å². The number of halogens is 1. The molecule has 2 aromatic carbocycles. The fourth-order valence-electron chi connectivity index (χ4n) is 7.53. The molecule has 4 aromatic rings. The van der Waals surface area contributed by atoms with Crippen molar-refractivity contribution in [3.63, 3.8) is 0 Å². The second kappa shape index (κ2) is 14.3. The van der Waals surface area contributed by atoms with E-state index in [0.717, 1.165) is 49.2 Å². The van der Waals surface area contributed by atoms with Crippen LogP contribution in [0.4, 0.5) is 15.3 Å². The summed E-state index contributed by atoms with van der Waals surface area (Å²) in [7, 11) is 1.31. The van der Waals surface area contributed by atoms with Crippen LogP contribution in [0.25, 0.3) is 23.0 Å². The van der Waals surface area contributed by atoms with E-state index >= 15 is 0 Å². The van der Waals surface area contributed by atoms with E-state index in [-0.39, 0.29) is 23.8 Å². The van der Waals surface area contributed by atoms with E-state index in [9.17, 15) is 19.5 Å². The van der Waals surface area contributed by atoms with Crippen LogP contribution in [0.15, 0.2) is 61.1 Å². The van der Waals surface area contributed by atoms with Gasteiger partial charge in [0, 0.05) is 53.7 Å². The number of H-pyrrole nitrogens is 1. The van der Waals surface area contributed by atoms with Crippen LogP contribution in [0.2, 0.25) is 5.02 Å². The molecule has 0 spiro atoms. The number of hydrogen-bond donors (Lipinski definition) is 3. The number of tetrazole rings is 1. The second-order valence-electron chi connectivity index (χ2n) is 13.2. The van der Waals surface area contributed by atoms with Gasteiger partial charge in [0.05, 0.1) is 24.5 Å². The molecule has 2 aromatic heterocycles. The minimum atomic E-state index is -0.880. The van der Waals surface area contributed by atoms with Gasteiger partial charge >= 0.3 is 12.2 Å². The van der Waals surface area contributed by atoms with Gasteiger partial charge in [0.25, 0.3) is 0 Å². The highest BCUT2D eigenvalue weighted by molar-refractivity contribution is 6.30. The molecule has 3 unspecified atom stereocenters. The topological polar surface area (TPSA) is 171 Å². The van der Waals surface area contributed by atoms with Gasteiger partial charge in [-0.25, -0.2) is 14.6 Å². The number of carbonyl (C=O) groups is 3. The predicted octanol–water partition coefficient (Wildman–Crippen LogP) is 5.90. The van der Waals surface area contributed by atoms with E-state index in [0.29, 0.717) is 53.4 Å². The maximum Gasteiger partial charge on any atom is 0.411 e. The fraction of sp³-hybridized carbons (Fsp3) is 0.400. The van der Waals surface area contributed by atoms with Crippen LogP contribution in [0, 0.1) is 23.7 Å². The van der Waals surface area contributed by atoms with Crippen LogP contribution >= 0.6 is 11.6 Å². The highest BCUT2D eigenvalue weighted by Gasteiger charge is 2.48. The zero-order valence-corrected chi connectivity index (χ0v) is 28.2. The average Bonchev–Trinajstić information content (AvgIpc) is 3.60. The van der Waals surface area contributed by atoms with Crippen LogP contribution in [0.5, 0.6) is 0 Å². The molecule has 260 valence electrons. The van der Waals surface area contributed by atoms with Crippen LogP contribution in [-0.4, -0.2) is 89.9 Å². The molecule has 2 aliphatic heterocycles. The first-order valence-corrected chi connectivity index (χ1v) is 17.2. The zero-order valence-electron chi connectivity index (χ0n) is 27.5. The lowest BCUT2D eigenvalue weighted by Crippen LogP contribution is -2.50. The van der Waals surface area contributed by atoms with Gasteiger partial charge in [0.1, 0.15) is 12.2 Å². The Bertz CT molecular complexity index is 1870. The summed E-state index contributed by atoms with van der Waals surface area (Å²) in [5.41, 5.74) is 3.56. The van der Waals surface area contributed by atoms with Crippen molar-refractivity contribution in [2.75, 3.05) is 32.1 Å². The quantitative estimate of drug-likeness (QED) is 0.189.